The van der Waals surface area contributed by atoms with E-state index in [1.807, 2.05) is 0 Å². The van der Waals surface area contributed by atoms with E-state index in [1.165, 1.54) is 24.0 Å². The molecule has 3 atom stereocenters. The van der Waals surface area contributed by atoms with Crippen molar-refractivity contribution < 1.29 is 4.79 Å². The predicted molar refractivity (Wildman–Crippen MR) is 91.7 cm³/mol. The number of rotatable bonds is 6. The van der Waals surface area contributed by atoms with Gasteiger partial charge in [-0.3, -0.25) is 4.79 Å². The zero-order chi connectivity index (χ0) is 15.9. The van der Waals surface area contributed by atoms with E-state index in [1.54, 1.807) is 0 Å². The number of hydrogen-bond donors (Lipinski definition) is 2. The minimum atomic E-state index is 0.129. The maximum Gasteiger partial charge on any atom is 0.220 e. The molecule has 0 aliphatic carbocycles. The molecule has 22 heavy (non-hydrogen) atoms. The first kappa shape index (κ1) is 17.0. The maximum absolute atomic E-state index is 12.4. The molecule has 1 aliphatic heterocycles. The molecular weight excluding hydrogens is 272 g/mol. The number of nitrogens with one attached hydrogen (secondary N) is 2. The van der Waals surface area contributed by atoms with Crippen LogP contribution < -0.4 is 10.6 Å². The Hall–Kier alpha value is -1.35. The van der Waals surface area contributed by atoms with E-state index < -0.39 is 0 Å². The summed E-state index contributed by atoms with van der Waals surface area (Å²) < 4.78 is 0. The van der Waals surface area contributed by atoms with E-state index in [0.717, 1.165) is 19.5 Å². The fourth-order valence-corrected chi connectivity index (χ4v) is 3.30. The van der Waals surface area contributed by atoms with Crippen LogP contribution in [-0.4, -0.2) is 19.0 Å². The highest BCUT2D eigenvalue weighted by molar-refractivity contribution is 5.76. The summed E-state index contributed by atoms with van der Waals surface area (Å²) in [5.74, 6) is 1.27. The number of amides is 1. The van der Waals surface area contributed by atoms with E-state index in [2.05, 4.69) is 55.7 Å². The largest absolute Gasteiger partial charge is 0.349 e. The van der Waals surface area contributed by atoms with Crippen molar-refractivity contribution in [3.8, 4) is 0 Å². The molecule has 2 N–H and O–H groups in total. The number of hydrogen-bond acceptors (Lipinski definition) is 2. The Morgan fingerprint density at radius 2 is 2.09 bits per heavy atom. The van der Waals surface area contributed by atoms with Gasteiger partial charge in [0.25, 0.3) is 0 Å². The average molecular weight is 302 g/mol. The Labute approximate surface area is 134 Å². The molecule has 0 bridgehead atoms. The molecule has 3 heteroatoms. The summed E-state index contributed by atoms with van der Waals surface area (Å²) in [6.45, 7) is 8.61. The second-order valence-electron chi connectivity index (χ2n) is 6.73. The molecule has 1 fully saturated rings. The highest BCUT2D eigenvalue weighted by atomic mass is 16.1. The monoisotopic (exact) mass is 302 g/mol. The van der Waals surface area contributed by atoms with Crippen molar-refractivity contribution in [1.82, 2.24) is 10.6 Å². The van der Waals surface area contributed by atoms with Crippen molar-refractivity contribution >= 4 is 5.91 Å². The van der Waals surface area contributed by atoms with Gasteiger partial charge in [0.15, 0.2) is 0 Å². The molecule has 1 heterocycles. The summed E-state index contributed by atoms with van der Waals surface area (Å²) >= 11 is 0. The van der Waals surface area contributed by atoms with Crippen LogP contribution in [-0.2, 0) is 4.79 Å². The molecule has 3 nitrogen and oxygen atoms in total. The van der Waals surface area contributed by atoms with Gasteiger partial charge in [0.05, 0.1) is 6.04 Å². The molecular formula is C19H30N2O. The first-order valence-corrected chi connectivity index (χ1v) is 8.66. The molecule has 122 valence electrons. The molecule has 1 saturated heterocycles. The minimum Gasteiger partial charge on any atom is -0.349 e. The van der Waals surface area contributed by atoms with Crippen LogP contribution in [0.1, 0.15) is 56.7 Å². The molecule has 0 saturated carbocycles. The Bertz CT molecular complexity index is 463. The Morgan fingerprint density at radius 3 is 2.68 bits per heavy atom. The molecule has 1 aromatic rings. The molecule has 1 amide bonds. The summed E-state index contributed by atoms with van der Waals surface area (Å²) in [5.41, 5.74) is 2.46. The third-order valence-electron chi connectivity index (χ3n) is 4.87. The molecule has 0 aromatic heterocycles. The van der Waals surface area contributed by atoms with Crippen LogP contribution in [0.2, 0.25) is 0 Å². The molecule has 3 unspecified atom stereocenters. The van der Waals surface area contributed by atoms with Crippen molar-refractivity contribution in [1.29, 1.82) is 0 Å². The lowest BCUT2D eigenvalue weighted by atomic mass is 9.85. The van der Waals surface area contributed by atoms with E-state index in [4.69, 9.17) is 0 Å². The standard InChI is InChI=1S/C19H30N2O/c1-4-18(16-9-7-14(2)8-10-16)21-19(22)12-15(3)17-6-5-11-20-13-17/h7-10,15,17-18,20H,4-6,11-13H2,1-3H3,(H,21,22). The molecule has 2 rings (SSSR count). The summed E-state index contributed by atoms with van der Waals surface area (Å²) in [6.07, 6.45) is 4.04. The topological polar surface area (TPSA) is 41.1 Å². The van der Waals surface area contributed by atoms with Gasteiger partial charge in [-0.25, -0.2) is 0 Å². The first-order chi connectivity index (χ1) is 10.6. The minimum absolute atomic E-state index is 0.129. The van der Waals surface area contributed by atoms with Gasteiger partial charge >= 0.3 is 0 Å². The Balaban J connectivity index is 1.87. The third-order valence-corrected chi connectivity index (χ3v) is 4.87. The normalized spacial score (nSPS) is 21.1. The van der Waals surface area contributed by atoms with Crippen molar-refractivity contribution in [2.45, 2.75) is 52.5 Å². The van der Waals surface area contributed by atoms with Crippen molar-refractivity contribution in [3.05, 3.63) is 35.4 Å². The number of carbonyl (C=O) groups is 1. The summed E-state index contributed by atoms with van der Waals surface area (Å²) in [6, 6.07) is 8.60. The number of carbonyl (C=O) groups excluding carboxylic acids is 1. The van der Waals surface area contributed by atoms with Gasteiger partial charge in [0.2, 0.25) is 5.91 Å². The van der Waals surface area contributed by atoms with Gasteiger partial charge in [0.1, 0.15) is 0 Å². The zero-order valence-corrected chi connectivity index (χ0v) is 14.2. The van der Waals surface area contributed by atoms with Crippen LogP contribution >= 0.6 is 0 Å². The van der Waals surface area contributed by atoms with Gasteiger partial charge in [-0.15, -0.1) is 0 Å². The van der Waals surface area contributed by atoms with Crippen molar-refractivity contribution in [2.75, 3.05) is 13.1 Å². The lowest BCUT2D eigenvalue weighted by Crippen LogP contribution is -2.36. The van der Waals surface area contributed by atoms with Crippen LogP contribution in [0.25, 0.3) is 0 Å². The second kappa shape index (κ2) is 8.33. The number of aryl methyl sites for hydroxylation is 1. The zero-order valence-electron chi connectivity index (χ0n) is 14.2. The fraction of sp³-hybridized carbons (Fsp3) is 0.632. The lowest BCUT2D eigenvalue weighted by Gasteiger charge is -2.28. The highest BCUT2D eigenvalue weighted by Gasteiger charge is 2.23. The summed E-state index contributed by atoms with van der Waals surface area (Å²) in [4.78, 5) is 12.4. The molecule has 0 radical (unpaired) electrons. The second-order valence-corrected chi connectivity index (χ2v) is 6.73. The first-order valence-electron chi connectivity index (χ1n) is 8.66. The lowest BCUT2D eigenvalue weighted by molar-refractivity contribution is -0.123. The molecule has 1 aliphatic rings. The van der Waals surface area contributed by atoms with Gasteiger partial charge < -0.3 is 10.6 Å². The van der Waals surface area contributed by atoms with E-state index in [-0.39, 0.29) is 11.9 Å². The third kappa shape index (κ3) is 4.84. The van der Waals surface area contributed by atoms with Crippen LogP contribution in [0.4, 0.5) is 0 Å². The van der Waals surface area contributed by atoms with E-state index in [0.29, 0.717) is 18.3 Å². The quantitative estimate of drug-likeness (QED) is 0.843. The molecule has 0 spiro atoms. The van der Waals surface area contributed by atoms with Gasteiger partial charge in [-0.05, 0) is 56.7 Å². The van der Waals surface area contributed by atoms with Crippen LogP contribution in [0, 0.1) is 18.8 Å². The van der Waals surface area contributed by atoms with Gasteiger partial charge in [-0.1, -0.05) is 43.7 Å². The summed E-state index contributed by atoms with van der Waals surface area (Å²) in [7, 11) is 0. The van der Waals surface area contributed by atoms with Gasteiger partial charge in [0, 0.05) is 6.42 Å². The van der Waals surface area contributed by atoms with Gasteiger partial charge in [-0.2, -0.15) is 0 Å². The molecule has 1 aromatic carbocycles. The van der Waals surface area contributed by atoms with Crippen LogP contribution in [0.15, 0.2) is 24.3 Å². The Morgan fingerprint density at radius 1 is 1.36 bits per heavy atom. The SMILES string of the molecule is CCC(NC(=O)CC(C)C1CCCNC1)c1ccc(C)cc1. The maximum atomic E-state index is 12.4. The number of piperidine rings is 1. The van der Waals surface area contributed by atoms with E-state index in [9.17, 15) is 4.79 Å². The van der Waals surface area contributed by atoms with Crippen molar-refractivity contribution in [2.24, 2.45) is 11.8 Å². The average Bonchev–Trinajstić information content (AvgIpc) is 2.54. The van der Waals surface area contributed by atoms with Crippen LogP contribution in [0.3, 0.4) is 0 Å². The van der Waals surface area contributed by atoms with Crippen molar-refractivity contribution in [3.63, 3.8) is 0 Å². The predicted octanol–water partition coefficient (Wildman–Crippen LogP) is 3.59. The fourth-order valence-electron chi connectivity index (χ4n) is 3.30. The highest BCUT2D eigenvalue weighted by Crippen LogP contribution is 2.23. The van der Waals surface area contributed by atoms with Crippen LogP contribution in [0.5, 0.6) is 0 Å². The van der Waals surface area contributed by atoms with E-state index >= 15 is 0 Å². The smallest absolute Gasteiger partial charge is 0.220 e. The number of benzene rings is 1. The Kier molecular flexibility index (Phi) is 6.44. The summed E-state index contributed by atoms with van der Waals surface area (Å²) in [5, 5.41) is 6.65.